The molecule has 0 N–H and O–H groups in total. The Hall–Kier alpha value is -0.0400. The fourth-order valence-electron chi connectivity index (χ4n) is 4.47. The molecule has 1 heterocycles. The van der Waals surface area contributed by atoms with Gasteiger partial charge in [0, 0.05) is 12.1 Å². The molecule has 1 saturated heterocycles. The first-order valence-corrected chi connectivity index (χ1v) is 10.5. The minimum absolute atomic E-state index is 0.874. The van der Waals surface area contributed by atoms with Gasteiger partial charge in [0.2, 0.25) is 0 Å². The van der Waals surface area contributed by atoms with Crippen LogP contribution in [0, 0.1) is 5.92 Å². The smallest absolute Gasteiger partial charge is 0.0123 e. The van der Waals surface area contributed by atoms with E-state index in [4.69, 9.17) is 0 Å². The van der Waals surface area contributed by atoms with Crippen molar-refractivity contribution in [1.29, 1.82) is 0 Å². The van der Waals surface area contributed by atoms with Crippen molar-refractivity contribution in [3.63, 3.8) is 0 Å². The maximum Gasteiger partial charge on any atom is 0.0123 e. The lowest BCUT2D eigenvalue weighted by atomic mass is 9.79. The molecule has 1 heteroatoms. The van der Waals surface area contributed by atoms with Crippen LogP contribution in [0.5, 0.6) is 0 Å². The summed E-state index contributed by atoms with van der Waals surface area (Å²) in [6, 6.07) is 1.75. The lowest BCUT2D eigenvalue weighted by Crippen LogP contribution is -2.48. The van der Waals surface area contributed by atoms with E-state index in [9.17, 15) is 0 Å². The van der Waals surface area contributed by atoms with E-state index >= 15 is 0 Å². The molecule has 0 bridgehead atoms. The predicted octanol–water partition coefficient (Wildman–Crippen LogP) is 6.81. The van der Waals surface area contributed by atoms with Gasteiger partial charge in [-0.25, -0.2) is 0 Å². The summed E-state index contributed by atoms with van der Waals surface area (Å²) >= 11 is 0. The van der Waals surface area contributed by atoms with Crippen LogP contribution in [0.4, 0.5) is 0 Å². The summed E-state index contributed by atoms with van der Waals surface area (Å²) in [7, 11) is 2.43. The average molecular weight is 310 g/mol. The number of piperidine rings is 1. The van der Waals surface area contributed by atoms with Crippen LogP contribution in [0.15, 0.2) is 0 Å². The van der Waals surface area contributed by atoms with E-state index in [1.807, 2.05) is 0 Å². The van der Waals surface area contributed by atoms with Crippen LogP contribution in [0.3, 0.4) is 0 Å². The maximum atomic E-state index is 2.80. The van der Waals surface area contributed by atoms with Crippen molar-refractivity contribution in [3.05, 3.63) is 0 Å². The van der Waals surface area contributed by atoms with Gasteiger partial charge in [0.25, 0.3) is 0 Å². The Bertz CT molecular complexity index is 250. The molecule has 2 unspecified atom stereocenters. The molecule has 1 rings (SSSR count). The second-order valence-electron chi connectivity index (χ2n) is 7.71. The predicted molar refractivity (Wildman–Crippen MR) is 100 cm³/mol. The summed E-state index contributed by atoms with van der Waals surface area (Å²) in [6.45, 7) is 7.00. The number of hydrogen-bond donors (Lipinski definition) is 0. The Labute approximate surface area is 141 Å². The first-order chi connectivity index (χ1) is 10.7. The van der Waals surface area contributed by atoms with Crippen molar-refractivity contribution in [2.24, 2.45) is 5.92 Å². The van der Waals surface area contributed by atoms with Crippen molar-refractivity contribution >= 4 is 0 Å². The second-order valence-corrected chi connectivity index (χ2v) is 7.71. The number of nitrogens with zero attached hydrogens (tertiary/aromatic N) is 1. The monoisotopic (exact) mass is 309 g/mol. The molecule has 0 aliphatic carbocycles. The zero-order chi connectivity index (χ0) is 16.2. The van der Waals surface area contributed by atoms with Gasteiger partial charge in [-0.05, 0) is 45.1 Å². The Kier molecular flexibility index (Phi) is 11.3. The topological polar surface area (TPSA) is 3.24 Å². The largest absolute Gasteiger partial charge is 0.300 e. The highest BCUT2D eigenvalue weighted by atomic mass is 15.2. The molecule has 0 spiro atoms. The van der Waals surface area contributed by atoms with Crippen LogP contribution < -0.4 is 0 Å². The van der Waals surface area contributed by atoms with Crippen LogP contribution in [0.1, 0.15) is 111 Å². The molecule has 132 valence electrons. The summed E-state index contributed by atoms with van der Waals surface area (Å²) in [5, 5.41) is 0. The van der Waals surface area contributed by atoms with Crippen LogP contribution in [-0.4, -0.2) is 24.0 Å². The van der Waals surface area contributed by atoms with Crippen molar-refractivity contribution in [3.8, 4) is 0 Å². The fraction of sp³-hybridized carbons (Fsp3) is 1.00. The van der Waals surface area contributed by atoms with Gasteiger partial charge in [-0.15, -0.1) is 0 Å². The third kappa shape index (κ3) is 7.02. The minimum Gasteiger partial charge on any atom is -0.300 e. The highest BCUT2D eigenvalue weighted by Gasteiger charge is 2.33. The molecule has 0 aromatic heterocycles. The summed E-state index contributed by atoms with van der Waals surface area (Å²) in [4.78, 5) is 2.80. The third-order valence-electron chi connectivity index (χ3n) is 5.92. The van der Waals surface area contributed by atoms with Gasteiger partial charge < -0.3 is 4.90 Å². The highest BCUT2D eigenvalue weighted by molar-refractivity contribution is 4.88. The van der Waals surface area contributed by atoms with E-state index in [1.165, 1.54) is 89.9 Å². The van der Waals surface area contributed by atoms with Gasteiger partial charge in [0.15, 0.2) is 0 Å². The molecule has 1 fully saturated rings. The molecule has 1 nitrogen and oxygen atoms in total. The number of unbranched alkanes of at least 4 members (excludes halogenated alkanes) is 6. The minimum atomic E-state index is 0.874. The Morgan fingerprint density at radius 1 is 0.682 bits per heavy atom. The third-order valence-corrected chi connectivity index (χ3v) is 5.92. The molecular weight excluding hydrogens is 266 g/mol. The molecule has 0 aromatic carbocycles. The molecule has 0 amide bonds. The summed E-state index contributed by atoms with van der Waals surface area (Å²) < 4.78 is 0. The molecule has 1 aliphatic heterocycles. The van der Waals surface area contributed by atoms with E-state index in [2.05, 4.69) is 32.7 Å². The van der Waals surface area contributed by atoms with Gasteiger partial charge >= 0.3 is 0 Å². The SMILES string of the molecule is CCCCCCCCC1CC[C@H](CCC)C(CCCC)N1C. The van der Waals surface area contributed by atoms with E-state index in [0.717, 1.165) is 18.0 Å². The van der Waals surface area contributed by atoms with E-state index in [-0.39, 0.29) is 0 Å². The number of hydrogen-bond acceptors (Lipinski definition) is 1. The maximum absolute atomic E-state index is 2.80. The number of rotatable bonds is 12. The Morgan fingerprint density at radius 3 is 2.05 bits per heavy atom. The molecule has 1 aliphatic rings. The van der Waals surface area contributed by atoms with Crippen LogP contribution in [-0.2, 0) is 0 Å². The first-order valence-electron chi connectivity index (χ1n) is 10.5. The van der Waals surface area contributed by atoms with Crippen LogP contribution in [0.2, 0.25) is 0 Å². The van der Waals surface area contributed by atoms with E-state index in [1.54, 1.807) is 0 Å². The van der Waals surface area contributed by atoms with Gasteiger partial charge in [-0.1, -0.05) is 78.6 Å². The van der Waals surface area contributed by atoms with Crippen molar-refractivity contribution in [2.45, 2.75) is 123 Å². The Morgan fingerprint density at radius 2 is 1.36 bits per heavy atom. The summed E-state index contributed by atoms with van der Waals surface area (Å²) in [5.74, 6) is 0.974. The lowest BCUT2D eigenvalue weighted by molar-refractivity contribution is 0.0474. The van der Waals surface area contributed by atoms with E-state index < -0.39 is 0 Å². The molecule has 22 heavy (non-hydrogen) atoms. The second kappa shape index (κ2) is 12.4. The normalized spacial score (nSPS) is 26.5. The summed E-state index contributed by atoms with van der Waals surface area (Å²) in [5.41, 5.74) is 0. The van der Waals surface area contributed by atoms with Gasteiger partial charge in [0.05, 0.1) is 0 Å². The molecule has 3 atom stereocenters. The van der Waals surface area contributed by atoms with Crippen molar-refractivity contribution in [1.82, 2.24) is 4.90 Å². The average Bonchev–Trinajstić information content (AvgIpc) is 2.52. The van der Waals surface area contributed by atoms with Gasteiger partial charge in [0.1, 0.15) is 0 Å². The zero-order valence-electron chi connectivity index (χ0n) is 16.1. The van der Waals surface area contributed by atoms with Crippen LogP contribution in [0.25, 0.3) is 0 Å². The zero-order valence-corrected chi connectivity index (χ0v) is 16.1. The fourth-order valence-corrected chi connectivity index (χ4v) is 4.47. The van der Waals surface area contributed by atoms with Gasteiger partial charge in [-0.2, -0.15) is 0 Å². The molecule has 0 radical (unpaired) electrons. The quantitative estimate of drug-likeness (QED) is 0.358. The summed E-state index contributed by atoms with van der Waals surface area (Å²) in [6.07, 6.45) is 20.0. The van der Waals surface area contributed by atoms with E-state index in [0.29, 0.717) is 0 Å². The standard InChI is InChI=1S/C21H43N/c1-5-8-10-11-12-13-15-20-18-17-19(14-7-3)21(22(20)4)16-9-6-2/h19-21H,5-18H2,1-4H3/t19-,20?,21?/m0/s1. The van der Waals surface area contributed by atoms with Crippen LogP contribution >= 0.6 is 0 Å². The van der Waals surface area contributed by atoms with Gasteiger partial charge in [-0.3, -0.25) is 0 Å². The molecular formula is C21H43N. The lowest BCUT2D eigenvalue weighted by Gasteiger charge is -2.45. The van der Waals surface area contributed by atoms with Crippen molar-refractivity contribution < 1.29 is 0 Å². The highest BCUT2D eigenvalue weighted by Crippen LogP contribution is 2.34. The Balaban J connectivity index is 2.35. The molecule has 0 saturated carbocycles. The first kappa shape index (κ1) is 20.0. The molecule has 0 aromatic rings. The number of likely N-dealkylation sites (tertiary alicyclic amines) is 1. The van der Waals surface area contributed by atoms with Crippen molar-refractivity contribution in [2.75, 3.05) is 7.05 Å².